The molecule has 1 aromatic carbocycles. The molecule has 1 aromatic rings. The van der Waals surface area contributed by atoms with Gasteiger partial charge in [-0.25, -0.2) is 0 Å². The summed E-state index contributed by atoms with van der Waals surface area (Å²) in [5.74, 6) is 0.166. The van der Waals surface area contributed by atoms with Crippen LogP contribution in [0.2, 0.25) is 0 Å². The van der Waals surface area contributed by atoms with Gasteiger partial charge in [0.05, 0.1) is 0 Å². The number of hydrogen-bond acceptors (Lipinski definition) is 2. The second-order valence-electron chi connectivity index (χ2n) is 4.60. The van der Waals surface area contributed by atoms with Gasteiger partial charge in [0, 0.05) is 34.0 Å². The molecule has 2 rings (SSSR count). The first kappa shape index (κ1) is 14.0. The Kier molecular flexibility index (Phi) is 4.81. The molecule has 1 heterocycles. The molecule has 0 bridgehead atoms. The van der Waals surface area contributed by atoms with Crippen molar-refractivity contribution in [3.63, 3.8) is 0 Å². The fraction of sp³-hybridized carbons (Fsp3) is 0.462. The van der Waals surface area contributed by atoms with E-state index in [2.05, 4.69) is 55.5 Å². The van der Waals surface area contributed by atoms with Crippen LogP contribution in [0.15, 0.2) is 27.1 Å². The van der Waals surface area contributed by atoms with Gasteiger partial charge in [-0.1, -0.05) is 37.9 Å². The maximum absolute atomic E-state index is 11.1. The van der Waals surface area contributed by atoms with E-state index in [1.54, 1.807) is 0 Å². The van der Waals surface area contributed by atoms with E-state index in [1.807, 2.05) is 12.1 Å². The van der Waals surface area contributed by atoms with Crippen LogP contribution in [0.25, 0.3) is 0 Å². The molecule has 2 unspecified atom stereocenters. The van der Waals surface area contributed by atoms with E-state index in [0.717, 1.165) is 21.9 Å². The van der Waals surface area contributed by atoms with Gasteiger partial charge in [0.25, 0.3) is 0 Å². The molecule has 1 saturated heterocycles. The van der Waals surface area contributed by atoms with Gasteiger partial charge in [-0.2, -0.15) is 0 Å². The summed E-state index contributed by atoms with van der Waals surface area (Å²) < 4.78 is 2.15. The lowest BCUT2D eigenvalue weighted by Crippen LogP contribution is -2.36. The standard InChI is InChI=1S/C13H16Br2N2O/c1-8(11-4-2-9(14)6-12(11)15)16-7-10-3-5-13(18)17-10/h2,4,6,8,10,16H,3,5,7H2,1H3,(H,17,18). The van der Waals surface area contributed by atoms with Crippen LogP contribution < -0.4 is 10.6 Å². The molecule has 1 amide bonds. The monoisotopic (exact) mass is 374 g/mol. The quantitative estimate of drug-likeness (QED) is 0.848. The lowest BCUT2D eigenvalue weighted by atomic mass is 10.1. The van der Waals surface area contributed by atoms with E-state index in [-0.39, 0.29) is 18.0 Å². The van der Waals surface area contributed by atoms with Crippen LogP contribution in [0, 0.1) is 0 Å². The Balaban J connectivity index is 1.91. The van der Waals surface area contributed by atoms with Gasteiger partial charge in [-0.05, 0) is 31.0 Å². The third-order valence-corrected chi connectivity index (χ3v) is 4.36. The first-order valence-corrected chi connectivity index (χ1v) is 7.62. The molecule has 2 atom stereocenters. The van der Waals surface area contributed by atoms with E-state index >= 15 is 0 Å². The van der Waals surface area contributed by atoms with Crippen LogP contribution in [0.5, 0.6) is 0 Å². The van der Waals surface area contributed by atoms with Crippen molar-refractivity contribution in [1.29, 1.82) is 0 Å². The molecule has 0 saturated carbocycles. The van der Waals surface area contributed by atoms with Crippen molar-refractivity contribution in [1.82, 2.24) is 10.6 Å². The van der Waals surface area contributed by atoms with Crippen molar-refractivity contribution < 1.29 is 4.79 Å². The molecule has 0 radical (unpaired) electrons. The number of nitrogens with one attached hydrogen (secondary N) is 2. The molecular formula is C13H16Br2N2O. The Morgan fingerprint density at radius 3 is 2.89 bits per heavy atom. The molecule has 0 spiro atoms. The zero-order valence-electron chi connectivity index (χ0n) is 10.2. The van der Waals surface area contributed by atoms with Crippen molar-refractivity contribution in [2.24, 2.45) is 0 Å². The van der Waals surface area contributed by atoms with Crippen molar-refractivity contribution in [2.75, 3.05) is 6.54 Å². The molecule has 0 aromatic heterocycles. The summed E-state index contributed by atoms with van der Waals surface area (Å²) in [7, 11) is 0. The number of carbonyl (C=O) groups is 1. The highest BCUT2D eigenvalue weighted by molar-refractivity contribution is 9.11. The molecule has 0 aliphatic carbocycles. The average molecular weight is 376 g/mol. The summed E-state index contributed by atoms with van der Waals surface area (Å²) in [6.45, 7) is 2.94. The Bertz CT molecular complexity index is 451. The minimum Gasteiger partial charge on any atom is -0.352 e. The minimum atomic E-state index is 0.166. The van der Waals surface area contributed by atoms with E-state index in [1.165, 1.54) is 5.56 Å². The van der Waals surface area contributed by atoms with Crippen LogP contribution in [-0.4, -0.2) is 18.5 Å². The third kappa shape index (κ3) is 3.56. The van der Waals surface area contributed by atoms with Crippen LogP contribution in [-0.2, 0) is 4.79 Å². The lowest BCUT2D eigenvalue weighted by molar-refractivity contribution is -0.119. The van der Waals surface area contributed by atoms with Crippen LogP contribution in [0.3, 0.4) is 0 Å². The van der Waals surface area contributed by atoms with E-state index < -0.39 is 0 Å². The molecule has 5 heteroatoms. The SMILES string of the molecule is CC(NCC1CCC(=O)N1)c1ccc(Br)cc1Br. The lowest BCUT2D eigenvalue weighted by Gasteiger charge is -2.19. The highest BCUT2D eigenvalue weighted by atomic mass is 79.9. The zero-order chi connectivity index (χ0) is 13.1. The molecule has 3 nitrogen and oxygen atoms in total. The fourth-order valence-electron chi connectivity index (χ4n) is 2.11. The van der Waals surface area contributed by atoms with E-state index in [0.29, 0.717) is 6.42 Å². The van der Waals surface area contributed by atoms with Gasteiger partial charge in [0.2, 0.25) is 5.91 Å². The van der Waals surface area contributed by atoms with Gasteiger partial charge >= 0.3 is 0 Å². The third-order valence-electron chi connectivity index (χ3n) is 3.18. The molecule has 98 valence electrons. The van der Waals surface area contributed by atoms with Crippen molar-refractivity contribution in [2.45, 2.75) is 31.8 Å². The predicted octanol–water partition coefficient (Wildman–Crippen LogP) is 3.14. The predicted molar refractivity (Wildman–Crippen MR) is 79.4 cm³/mol. The topological polar surface area (TPSA) is 41.1 Å². The maximum Gasteiger partial charge on any atom is 0.220 e. The molecular weight excluding hydrogens is 360 g/mol. The van der Waals surface area contributed by atoms with Gasteiger partial charge in [0.15, 0.2) is 0 Å². The summed E-state index contributed by atoms with van der Waals surface area (Å²) in [5, 5.41) is 6.43. The van der Waals surface area contributed by atoms with E-state index in [4.69, 9.17) is 0 Å². The first-order valence-electron chi connectivity index (χ1n) is 6.04. The number of rotatable bonds is 4. The summed E-state index contributed by atoms with van der Waals surface area (Å²) in [5.41, 5.74) is 1.22. The summed E-state index contributed by atoms with van der Waals surface area (Å²) in [6, 6.07) is 6.71. The number of carbonyl (C=O) groups excluding carboxylic acids is 1. The van der Waals surface area contributed by atoms with Gasteiger partial charge in [0.1, 0.15) is 0 Å². The fourth-order valence-corrected chi connectivity index (χ4v) is 3.50. The number of hydrogen-bond donors (Lipinski definition) is 2. The van der Waals surface area contributed by atoms with Crippen molar-refractivity contribution in [3.05, 3.63) is 32.7 Å². The molecule has 1 aliphatic rings. The largest absolute Gasteiger partial charge is 0.352 e. The van der Waals surface area contributed by atoms with Crippen LogP contribution >= 0.6 is 31.9 Å². The summed E-state index contributed by atoms with van der Waals surface area (Å²) >= 11 is 7.02. The molecule has 2 N–H and O–H groups in total. The van der Waals surface area contributed by atoms with Crippen molar-refractivity contribution in [3.8, 4) is 0 Å². The second-order valence-corrected chi connectivity index (χ2v) is 6.37. The zero-order valence-corrected chi connectivity index (χ0v) is 13.3. The highest BCUT2D eigenvalue weighted by Crippen LogP contribution is 2.26. The Morgan fingerprint density at radius 1 is 1.50 bits per heavy atom. The number of halogens is 2. The Morgan fingerprint density at radius 2 is 2.28 bits per heavy atom. The van der Waals surface area contributed by atoms with Crippen LogP contribution in [0.4, 0.5) is 0 Å². The van der Waals surface area contributed by atoms with Crippen molar-refractivity contribution >= 4 is 37.8 Å². The first-order chi connectivity index (χ1) is 8.56. The van der Waals surface area contributed by atoms with Gasteiger partial charge in [-0.15, -0.1) is 0 Å². The minimum absolute atomic E-state index is 0.166. The molecule has 18 heavy (non-hydrogen) atoms. The van der Waals surface area contributed by atoms with Gasteiger partial charge < -0.3 is 10.6 Å². The number of benzene rings is 1. The highest BCUT2D eigenvalue weighted by Gasteiger charge is 2.21. The van der Waals surface area contributed by atoms with Crippen LogP contribution in [0.1, 0.15) is 31.4 Å². The number of amides is 1. The maximum atomic E-state index is 11.1. The van der Waals surface area contributed by atoms with Gasteiger partial charge in [-0.3, -0.25) is 4.79 Å². The Labute approximate surface area is 124 Å². The van der Waals surface area contributed by atoms with E-state index in [9.17, 15) is 4.79 Å². The average Bonchev–Trinajstić information content (AvgIpc) is 2.72. The molecule has 1 aliphatic heterocycles. The Hall–Kier alpha value is -0.390. The summed E-state index contributed by atoms with van der Waals surface area (Å²) in [4.78, 5) is 11.1. The second kappa shape index (κ2) is 6.17. The normalized spacial score (nSPS) is 20.8. The summed E-state index contributed by atoms with van der Waals surface area (Å²) in [6.07, 6.45) is 1.59. The smallest absolute Gasteiger partial charge is 0.220 e. The molecule has 1 fully saturated rings.